The number of hydrogen-bond donors (Lipinski definition) is 1. The summed E-state index contributed by atoms with van der Waals surface area (Å²) in [5, 5.41) is 13.7. The van der Waals surface area contributed by atoms with Gasteiger partial charge in [0.15, 0.2) is 5.69 Å². The van der Waals surface area contributed by atoms with Gasteiger partial charge in [0.2, 0.25) is 0 Å². The van der Waals surface area contributed by atoms with Crippen LogP contribution in [0.4, 0.5) is 0 Å². The molecule has 0 spiro atoms. The smallest absolute Gasteiger partial charge is 0.274 e. The highest BCUT2D eigenvalue weighted by atomic mass is 16.5. The van der Waals surface area contributed by atoms with Crippen LogP contribution in [-0.2, 0) is 6.42 Å². The van der Waals surface area contributed by atoms with E-state index in [0.717, 1.165) is 28.3 Å². The van der Waals surface area contributed by atoms with E-state index in [9.17, 15) is 4.79 Å². The predicted molar refractivity (Wildman–Crippen MR) is 109 cm³/mol. The third kappa shape index (κ3) is 4.07. The lowest BCUT2D eigenvalue weighted by Crippen LogP contribution is -2.26. The van der Waals surface area contributed by atoms with Gasteiger partial charge in [-0.1, -0.05) is 24.3 Å². The number of ether oxygens (including phenoxy) is 1. The van der Waals surface area contributed by atoms with E-state index in [1.54, 1.807) is 23.7 Å². The van der Waals surface area contributed by atoms with Crippen LogP contribution in [0, 0.1) is 0 Å². The zero-order valence-electron chi connectivity index (χ0n) is 16.4. The third-order valence-corrected chi connectivity index (χ3v) is 4.72. The fraction of sp³-hybridized carbons (Fsp3) is 0.273. The summed E-state index contributed by atoms with van der Waals surface area (Å²) < 4.78 is 7.01. The molecule has 1 heterocycles. The molecule has 1 amide bonds. The molecule has 3 rings (SSSR count). The molecule has 0 atom stereocenters. The van der Waals surface area contributed by atoms with Crippen molar-refractivity contribution >= 4 is 5.91 Å². The minimum atomic E-state index is -0.118. The number of carbonyl (C=O) groups excluding carboxylic acids is 1. The van der Waals surface area contributed by atoms with Gasteiger partial charge in [0.05, 0.1) is 18.5 Å². The van der Waals surface area contributed by atoms with Crippen molar-refractivity contribution in [1.82, 2.24) is 14.7 Å². The van der Waals surface area contributed by atoms with Crippen LogP contribution in [0.2, 0.25) is 0 Å². The maximum Gasteiger partial charge on any atom is 0.274 e. The van der Waals surface area contributed by atoms with Crippen molar-refractivity contribution in [3.63, 3.8) is 0 Å². The predicted octanol–water partition coefficient (Wildman–Crippen LogP) is 3.17. The minimum Gasteiger partial charge on any atom is -0.497 e. The molecule has 1 aromatic heterocycles. The van der Waals surface area contributed by atoms with Gasteiger partial charge in [0, 0.05) is 25.8 Å². The van der Waals surface area contributed by atoms with Crippen LogP contribution in [0.25, 0.3) is 16.9 Å². The largest absolute Gasteiger partial charge is 0.497 e. The monoisotopic (exact) mass is 379 g/mol. The Balaban J connectivity index is 2.07. The van der Waals surface area contributed by atoms with Gasteiger partial charge in [-0.3, -0.25) is 4.79 Å². The number of methoxy groups -OCH3 is 1. The summed E-state index contributed by atoms with van der Waals surface area (Å²) in [6.45, 7) is 2.66. The average molecular weight is 379 g/mol. The molecule has 0 unspecified atom stereocenters. The van der Waals surface area contributed by atoms with Crippen molar-refractivity contribution in [2.45, 2.75) is 13.3 Å². The van der Waals surface area contributed by atoms with Gasteiger partial charge in [0.25, 0.3) is 5.91 Å². The molecule has 0 radical (unpaired) electrons. The summed E-state index contributed by atoms with van der Waals surface area (Å²) >= 11 is 0. The van der Waals surface area contributed by atoms with Crippen molar-refractivity contribution < 1.29 is 14.6 Å². The fourth-order valence-electron chi connectivity index (χ4n) is 2.92. The van der Waals surface area contributed by atoms with Gasteiger partial charge >= 0.3 is 0 Å². The SMILES string of the molecule is CCN(C)C(=O)c1cc(-c2ccc(CCO)cc2)n(-c2ccc(OC)cc2)n1. The molecule has 0 fully saturated rings. The lowest BCUT2D eigenvalue weighted by atomic mass is 10.1. The molecule has 0 aliphatic rings. The van der Waals surface area contributed by atoms with Gasteiger partial charge in [-0.2, -0.15) is 5.10 Å². The van der Waals surface area contributed by atoms with Gasteiger partial charge in [-0.05, 0) is 49.2 Å². The highest BCUT2D eigenvalue weighted by Crippen LogP contribution is 2.26. The first-order valence-corrected chi connectivity index (χ1v) is 9.27. The molecular weight excluding hydrogens is 354 g/mol. The molecule has 0 aliphatic carbocycles. The normalized spacial score (nSPS) is 10.7. The fourth-order valence-corrected chi connectivity index (χ4v) is 2.92. The summed E-state index contributed by atoms with van der Waals surface area (Å²) in [4.78, 5) is 14.3. The molecule has 0 saturated carbocycles. The topological polar surface area (TPSA) is 67.6 Å². The Morgan fingerprint density at radius 3 is 2.39 bits per heavy atom. The Bertz CT molecular complexity index is 931. The van der Waals surface area contributed by atoms with E-state index >= 15 is 0 Å². The maximum absolute atomic E-state index is 12.6. The van der Waals surface area contributed by atoms with Crippen molar-refractivity contribution in [1.29, 1.82) is 0 Å². The highest BCUT2D eigenvalue weighted by molar-refractivity contribution is 5.93. The van der Waals surface area contributed by atoms with E-state index in [0.29, 0.717) is 18.7 Å². The van der Waals surface area contributed by atoms with Crippen molar-refractivity contribution in [2.75, 3.05) is 27.3 Å². The van der Waals surface area contributed by atoms with Gasteiger partial charge in [-0.25, -0.2) is 4.68 Å². The van der Waals surface area contributed by atoms with Crippen LogP contribution in [-0.4, -0.2) is 53.0 Å². The molecule has 0 saturated heterocycles. The third-order valence-electron chi connectivity index (χ3n) is 4.72. The first-order valence-electron chi connectivity index (χ1n) is 9.27. The van der Waals surface area contributed by atoms with Crippen LogP contribution in [0.1, 0.15) is 23.0 Å². The Hall–Kier alpha value is -3.12. The highest BCUT2D eigenvalue weighted by Gasteiger charge is 2.19. The number of benzene rings is 2. The van der Waals surface area contributed by atoms with Crippen LogP contribution in [0.15, 0.2) is 54.6 Å². The quantitative estimate of drug-likeness (QED) is 0.685. The van der Waals surface area contributed by atoms with Crippen LogP contribution >= 0.6 is 0 Å². The second kappa shape index (κ2) is 8.71. The molecule has 28 heavy (non-hydrogen) atoms. The van der Waals surface area contributed by atoms with Crippen LogP contribution in [0.3, 0.4) is 0 Å². The maximum atomic E-state index is 12.6. The molecule has 0 aliphatic heterocycles. The number of aliphatic hydroxyl groups is 1. The van der Waals surface area contributed by atoms with E-state index in [1.807, 2.05) is 61.5 Å². The molecular formula is C22H25N3O3. The lowest BCUT2D eigenvalue weighted by molar-refractivity contribution is 0.0796. The number of hydrogen-bond acceptors (Lipinski definition) is 4. The Morgan fingerprint density at radius 2 is 1.82 bits per heavy atom. The van der Waals surface area contributed by atoms with Crippen molar-refractivity contribution in [2.24, 2.45) is 0 Å². The van der Waals surface area contributed by atoms with Crippen LogP contribution < -0.4 is 4.74 Å². The van der Waals surface area contributed by atoms with E-state index in [2.05, 4.69) is 5.10 Å². The molecule has 3 aromatic rings. The van der Waals surface area contributed by atoms with E-state index in [1.165, 1.54) is 0 Å². The molecule has 6 heteroatoms. The number of amides is 1. The summed E-state index contributed by atoms with van der Waals surface area (Å²) in [6, 6.07) is 17.3. The van der Waals surface area contributed by atoms with Crippen LogP contribution in [0.5, 0.6) is 5.75 Å². The van der Waals surface area contributed by atoms with E-state index in [-0.39, 0.29) is 12.5 Å². The number of rotatable bonds is 7. The van der Waals surface area contributed by atoms with Gasteiger partial charge in [0.1, 0.15) is 5.75 Å². The molecule has 146 valence electrons. The molecule has 1 N–H and O–H groups in total. The Kier molecular flexibility index (Phi) is 6.11. The molecule has 6 nitrogen and oxygen atoms in total. The Labute approximate surface area is 165 Å². The summed E-state index contributed by atoms with van der Waals surface area (Å²) in [7, 11) is 3.39. The number of aromatic nitrogens is 2. The second-order valence-electron chi connectivity index (χ2n) is 6.51. The van der Waals surface area contributed by atoms with Crippen molar-refractivity contribution in [3.05, 3.63) is 65.9 Å². The first kappa shape index (κ1) is 19.6. The van der Waals surface area contributed by atoms with Gasteiger partial charge < -0.3 is 14.7 Å². The number of carbonyl (C=O) groups is 1. The number of nitrogens with zero attached hydrogens (tertiary/aromatic N) is 3. The summed E-state index contributed by atoms with van der Waals surface area (Å²) in [5.74, 6) is 0.640. The molecule has 0 bridgehead atoms. The minimum absolute atomic E-state index is 0.116. The summed E-state index contributed by atoms with van der Waals surface area (Å²) in [5.41, 5.74) is 4.07. The second-order valence-corrected chi connectivity index (χ2v) is 6.51. The molecule has 2 aromatic carbocycles. The zero-order valence-corrected chi connectivity index (χ0v) is 16.4. The van der Waals surface area contributed by atoms with E-state index in [4.69, 9.17) is 9.84 Å². The lowest BCUT2D eigenvalue weighted by Gasteiger charge is -2.12. The van der Waals surface area contributed by atoms with E-state index < -0.39 is 0 Å². The zero-order chi connectivity index (χ0) is 20.1. The first-order chi connectivity index (χ1) is 13.6. The standard InChI is InChI=1S/C22H25N3O3/c1-4-24(2)22(27)20-15-21(17-7-5-16(6-8-17)13-14-26)25(23-20)18-9-11-19(28-3)12-10-18/h5-12,15,26H,4,13-14H2,1-3H3. The summed E-state index contributed by atoms with van der Waals surface area (Å²) in [6.07, 6.45) is 0.614. The van der Waals surface area contributed by atoms with Crippen molar-refractivity contribution in [3.8, 4) is 22.7 Å². The van der Waals surface area contributed by atoms with Gasteiger partial charge in [-0.15, -0.1) is 0 Å². The Morgan fingerprint density at radius 1 is 1.14 bits per heavy atom. The number of aliphatic hydroxyl groups excluding tert-OH is 1. The average Bonchev–Trinajstić information content (AvgIpc) is 3.19.